The van der Waals surface area contributed by atoms with Gasteiger partial charge in [0.05, 0.1) is 4.92 Å². The molecule has 6 nitrogen and oxygen atoms in total. The molecular weight excluding hydrogens is 301 g/mol. The van der Waals surface area contributed by atoms with Crippen LogP contribution in [-0.2, 0) is 6.18 Å². The molecule has 22 heavy (non-hydrogen) atoms. The Morgan fingerprint density at radius 2 is 2.09 bits per heavy atom. The fraction of sp³-hybridized carbons (Fsp3) is 0.615. The van der Waals surface area contributed by atoms with E-state index in [4.69, 9.17) is 0 Å². The number of hydrogen-bond acceptors (Lipinski definition) is 5. The van der Waals surface area contributed by atoms with Crippen molar-refractivity contribution in [3.8, 4) is 0 Å². The molecule has 2 rings (SSSR count). The molecule has 9 heteroatoms. The molecule has 0 bridgehead atoms. The third kappa shape index (κ3) is 3.65. The van der Waals surface area contributed by atoms with E-state index in [2.05, 4.69) is 10.3 Å². The molecule has 0 radical (unpaired) electrons. The summed E-state index contributed by atoms with van der Waals surface area (Å²) in [5, 5.41) is 14.1. The molecule has 0 amide bonds. The largest absolute Gasteiger partial charge is 0.433 e. The van der Waals surface area contributed by atoms with E-state index in [0.29, 0.717) is 25.2 Å². The van der Waals surface area contributed by atoms with Gasteiger partial charge in [-0.2, -0.15) is 13.2 Å². The minimum atomic E-state index is -4.62. The maximum atomic E-state index is 12.8. The quantitative estimate of drug-likeness (QED) is 0.682. The van der Waals surface area contributed by atoms with Gasteiger partial charge in [-0.25, -0.2) is 4.98 Å². The molecule has 1 N–H and O–H groups in total. The summed E-state index contributed by atoms with van der Waals surface area (Å²) < 4.78 is 38.3. The van der Waals surface area contributed by atoms with Gasteiger partial charge >= 0.3 is 11.9 Å². The zero-order valence-electron chi connectivity index (χ0n) is 12.1. The van der Waals surface area contributed by atoms with Crippen LogP contribution in [0.5, 0.6) is 0 Å². The molecule has 1 aliphatic rings. The van der Waals surface area contributed by atoms with Crippen LogP contribution in [0.4, 0.5) is 24.5 Å². The number of rotatable bonds is 4. The molecule has 0 spiro atoms. The second-order valence-corrected chi connectivity index (χ2v) is 5.30. The van der Waals surface area contributed by atoms with Gasteiger partial charge < -0.3 is 10.2 Å². The lowest BCUT2D eigenvalue weighted by Crippen LogP contribution is -2.37. The third-order valence-corrected chi connectivity index (χ3v) is 3.80. The van der Waals surface area contributed by atoms with Crippen molar-refractivity contribution < 1.29 is 18.1 Å². The maximum Gasteiger partial charge on any atom is 0.433 e. The fourth-order valence-corrected chi connectivity index (χ4v) is 2.65. The molecule has 1 aromatic rings. The van der Waals surface area contributed by atoms with Gasteiger partial charge in [-0.15, -0.1) is 0 Å². The van der Waals surface area contributed by atoms with Crippen LogP contribution >= 0.6 is 0 Å². The smallest absolute Gasteiger partial charge is 0.366 e. The molecule has 0 saturated carbocycles. The number of aromatic nitrogens is 1. The minimum Gasteiger partial charge on any atom is -0.366 e. The van der Waals surface area contributed by atoms with Crippen molar-refractivity contribution >= 4 is 11.4 Å². The first kappa shape index (κ1) is 16.5. The van der Waals surface area contributed by atoms with Gasteiger partial charge in [0.1, 0.15) is 17.6 Å². The van der Waals surface area contributed by atoms with Crippen LogP contribution in [0.3, 0.4) is 0 Å². The van der Waals surface area contributed by atoms with Crippen LogP contribution in [0.25, 0.3) is 0 Å². The number of pyridine rings is 1. The number of nitrogens with one attached hydrogen (secondary N) is 1. The molecule has 0 unspecified atom stereocenters. The normalized spacial score (nSPS) is 16.8. The lowest BCUT2D eigenvalue weighted by atomic mass is 9.96. The Hall–Kier alpha value is -1.90. The second kappa shape index (κ2) is 6.47. The number of hydrogen-bond donors (Lipinski definition) is 1. The average Bonchev–Trinajstić information content (AvgIpc) is 2.47. The molecule has 1 fully saturated rings. The highest BCUT2D eigenvalue weighted by molar-refractivity contribution is 5.63. The summed E-state index contributed by atoms with van der Waals surface area (Å²) in [6, 6.07) is 0.774. The van der Waals surface area contributed by atoms with Crippen molar-refractivity contribution in [2.75, 3.05) is 31.6 Å². The SMILES string of the molecule is CNCC1CCN(c2cc(C(F)(F)F)ncc2[N+](=O)[O-])CC1. The van der Waals surface area contributed by atoms with Gasteiger partial charge in [0, 0.05) is 13.1 Å². The Morgan fingerprint density at radius 3 is 2.59 bits per heavy atom. The predicted octanol–water partition coefficient (Wildman–Crippen LogP) is 2.44. The monoisotopic (exact) mass is 318 g/mol. The summed E-state index contributed by atoms with van der Waals surface area (Å²) in [6.07, 6.45) is -2.37. The highest BCUT2D eigenvalue weighted by atomic mass is 19.4. The highest BCUT2D eigenvalue weighted by Crippen LogP contribution is 2.36. The summed E-state index contributed by atoms with van der Waals surface area (Å²) in [5.74, 6) is 0.434. The number of alkyl halides is 3. The molecule has 2 heterocycles. The Balaban J connectivity index is 2.26. The zero-order chi connectivity index (χ0) is 16.3. The standard InChI is InChI=1S/C13H17F3N4O2/c1-17-7-9-2-4-19(5-3-9)10-6-12(13(14,15)16)18-8-11(10)20(21)22/h6,8-9,17H,2-5,7H2,1H3. The number of piperidine rings is 1. The first-order valence-corrected chi connectivity index (χ1v) is 6.94. The van der Waals surface area contributed by atoms with Gasteiger partial charge in [0.25, 0.3) is 0 Å². The molecular formula is C13H17F3N4O2. The Bertz CT molecular complexity index is 543. The van der Waals surface area contributed by atoms with Crippen LogP contribution in [0.2, 0.25) is 0 Å². The molecule has 0 aromatic carbocycles. The van der Waals surface area contributed by atoms with Crippen molar-refractivity contribution in [1.29, 1.82) is 0 Å². The lowest BCUT2D eigenvalue weighted by molar-refractivity contribution is -0.384. The van der Waals surface area contributed by atoms with Crippen molar-refractivity contribution in [3.05, 3.63) is 28.1 Å². The Kier molecular flexibility index (Phi) is 4.84. The number of nitro groups is 1. The molecule has 0 atom stereocenters. The number of nitrogens with zero attached hydrogens (tertiary/aromatic N) is 3. The van der Waals surface area contributed by atoms with Crippen LogP contribution in [0.1, 0.15) is 18.5 Å². The van der Waals surface area contributed by atoms with Crippen molar-refractivity contribution in [2.45, 2.75) is 19.0 Å². The van der Waals surface area contributed by atoms with Gasteiger partial charge in [0.2, 0.25) is 0 Å². The van der Waals surface area contributed by atoms with Crippen molar-refractivity contribution in [1.82, 2.24) is 10.3 Å². The van der Waals surface area contributed by atoms with Crippen LogP contribution in [0.15, 0.2) is 12.3 Å². The van der Waals surface area contributed by atoms with Crippen molar-refractivity contribution in [2.24, 2.45) is 5.92 Å². The highest BCUT2D eigenvalue weighted by Gasteiger charge is 2.35. The predicted molar refractivity (Wildman–Crippen MR) is 74.8 cm³/mol. The fourth-order valence-electron chi connectivity index (χ4n) is 2.65. The summed E-state index contributed by atoms with van der Waals surface area (Å²) in [7, 11) is 1.84. The van der Waals surface area contributed by atoms with E-state index in [9.17, 15) is 23.3 Å². The van der Waals surface area contributed by atoms with E-state index in [-0.39, 0.29) is 11.4 Å². The van der Waals surface area contributed by atoms with E-state index in [1.165, 1.54) is 0 Å². The van der Waals surface area contributed by atoms with E-state index in [0.717, 1.165) is 25.5 Å². The van der Waals surface area contributed by atoms with Gasteiger partial charge in [-0.1, -0.05) is 0 Å². The maximum absolute atomic E-state index is 12.8. The first-order chi connectivity index (χ1) is 10.3. The second-order valence-electron chi connectivity index (χ2n) is 5.30. The van der Waals surface area contributed by atoms with E-state index in [1.54, 1.807) is 4.90 Å². The number of halogens is 3. The van der Waals surface area contributed by atoms with Crippen LogP contribution < -0.4 is 10.2 Å². The van der Waals surface area contributed by atoms with E-state index < -0.39 is 16.8 Å². The van der Waals surface area contributed by atoms with E-state index in [1.807, 2.05) is 7.05 Å². The summed E-state index contributed by atoms with van der Waals surface area (Å²) >= 11 is 0. The Labute approximate surface area is 125 Å². The minimum absolute atomic E-state index is 0.00441. The molecule has 1 aliphatic heterocycles. The molecule has 1 aromatic heterocycles. The topological polar surface area (TPSA) is 71.3 Å². The first-order valence-electron chi connectivity index (χ1n) is 6.94. The molecule has 1 saturated heterocycles. The van der Waals surface area contributed by atoms with E-state index >= 15 is 0 Å². The average molecular weight is 318 g/mol. The Morgan fingerprint density at radius 1 is 1.45 bits per heavy atom. The number of anilines is 1. The summed E-state index contributed by atoms with van der Waals surface area (Å²) in [4.78, 5) is 15.2. The summed E-state index contributed by atoms with van der Waals surface area (Å²) in [5.41, 5.74) is -1.50. The lowest BCUT2D eigenvalue weighted by Gasteiger charge is -2.33. The zero-order valence-corrected chi connectivity index (χ0v) is 12.1. The van der Waals surface area contributed by atoms with Crippen LogP contribution in [0, 0.1) is 16.0 Å². The van der Waals surface area contributed by atoms with Crippen molar-refractivity contribution in [3.63, 3.8) is 0 Å². The molecule has 122 valence electrons. The van der Waals surface area contributed by atoms with Gasteiger partial charge in [0.15, 0.2) is 0 Å². The summed E-state index contributed by atoms with van der Waals surface area (Å²) in [6.45, 7) is 1.82. The van der Waals surface area contributed by atoms with Gasteiger partial charge in [-0.3, -0.25) is 10.1 Å². The van der Waals surface area contributed by atoms with Crippen LogP contribution in [-0.4, -0.2) is 36.6 Å². The van der Waals surface area contributed by atoms with Gasteiger partial charge in [-0.05, 0) is 38.4 Å². The third-order valence-electron chi connectivity index (χ3n) is 3.80. The molecule has 0 aliphatic carbocycles.